The number of nitrogens with zero attached hydrogens (tertiary/aromatic N) is 2. The second-order valence-corrected chi connectivity index (χ2v) is 5.08. The molecule has 0 N–H and O–H groups in total. The van der Waals surface area contributed by atoms with Crippen molar-refractivity contribution < 1.29 is 8.42 Å². The molecule has 72 valence electrons. The molecule has 0 aliphatic rings. The van der Waals surface area contributed by atoms with Crippen molar-refractivity contribution in [1.82, 2.24) is 9.29 Å². The van der Waals surface area contributed by atoms with Crippen molar-refractivity contribution >= 4 is 10.0 Å². The van der Waals surface area contributed by atoms with Crippen LogP contribution in [0.1, 0.15) is 5.56 Å². The molecule has 0 aliphatic heterocycles. The minimum atomic E-state index is -3.15. The lowest BCUT2D eigenvalue weighted by atomic mass is 10.3. The van der Waals surface area contributed by atoms with Gasteiger partial charge in [0, 0.05) is 26.5 Å². The maximum Gasteiger partial charge on any atom is 0.217 e. The van der Waals surface area contributed by atoms with Gasteiger partial charge in [-0.25, -0.2) is 12.7 Å². The van der Waals surface area contributed by atoms with Gasteiger partial charge in [-0.1, -0.05) is 0 Å². The van der Waals surface area contributed by atoms with Gasteiger partial charge in [-0.15, -0.1) is 0 Å². The van der Waals surface area contributed by atoms with Crippen molar-refractivity contribution in [3.05, 3.63) is 30.1 Å². The molecule has 0 saturated heterocycles. The van der Waals surface area contributed by atoms with Gasteiger partial charge in [-0.2, -0.15) is 0 Å². The van der Waals surface area contributed by atoms with Crippen LogP contribution in [0.4, 0.5) is 0 Å². The van der Waals surface area contributed by atoms with Gasteiger partial charge in [0.2, 0.25) is 10.0 Å². The number of rotatable bonds is 3. The van der Waals surface area contributed by atoms with E-state index in [0.29, 0.717) is 0 Å². The lowest BCUT2D eigenvalue weighted by Gasteiger charge is -2.10. The highest BCUT2D eigenvalue weighted by Crippen LogP contribution is 2.05. The Morgan fingerprint density at radius 2 is 1.85 bits per heavy atom. The van der Waals surface area contributed by atoms with Crippen LogP contribution in [0.2, 0.25) is 0 Å². The summed E-state index contributed by atoms with van der Waals surface area (Å²) in [6.07, 6.45) is 3.17. The van der Waals surface area contributed by atoms with Crippen LogP contribution in [0, 0.1) is 0 Å². The quantitative estimate of drug-likeness (QED) is 0.712. The second-order valence-electron chi connectivity index (χ2n) is 2.89. The van der Waals surface area contributed by atoms with Crippen LogP contribution in [0.25, 0.3) is 0 Å². The van der Waals surface area contributed by atoms with Gasteiger partial charge >= 0.3 is 0 Å². The lowest BCUT2D eigenvalue weighted by molar-refractivity contribution is 0.519. The summed E-state index contributed by atoms with van der Waals surface area (Å²) in [5.74, 6) is 0.0303. The van der Waals surface area contributed by atoms with Crippen LogP contribution < -0.4 is 0 Å². The van der Waals surface area contributed by atoms with E-state index < -0.39 is 10.0 Å². The predicted molar refractivity (Wildman–Crippen MR) is 50.5 cm³/mol. The molecule has 0 spiro atoms. The maximum absolute atomic E-state index is 11.4. The Balaban J connectivity index is 2.82. The molecule has 0 fully saturated rings. The molecule has 0 bridgehead atoms. The largest absolute Gasteiger partial charge is 0.265 e. The van der Waals surface area contributed by atoms with E-state index in [4.69, 9.17) is 0 Å². The molecule has 5 heteroatoms. The summed E-state index contributed by atoms with van der Waals surface area (Å²) in [5.41, 5.74) is 0.753. The zero-order chi connectivity index (χ0) is 9.90. The van der Waals surface area contributed by atoms with Crippen LogP contribution in [-0.2, 0) is 15.8 Å². The third kappa shape index (κ3) is 2.78. The summed E-state index contributed by atoms with van der Waals surface area (Å²) in [4.78, 5) is 3.81. The number of hydrogen-bond acceptors (Lipinski definition) is 3. The molecule has 1 aromatic rings. The normalized spacial score (nSPS) is 11.9. The van der Waals surface area contributed by atoms with Crippen LogP contribution in [0.5, 0.6) is 0 Å². The summed E-state index contributed by atoms with van der Waals surface area (Å²) in [7, 11) is -0.0970. The Hall–Kier alpha value is -0.940. The van der Waals surface area contributed by atoms with Crippen LogP contribution in [-0.4, -0.2) is 31.8 Å². The van der Waals surface area contributed by atoms with Gasteiger partial charge in [-0.3, -0.25) is 4.98 Å². The molecule has 1 rings (SSSR count). The van der Waals surface area contributed by atoms with Gasteiger partial charge in [0.05, 0.1) is 5.75 Å². The standard InChI is InChI=1S/C8H12N2O2S/c1-10(2)13(11,12)7-8-3-5-9-6-4-8/h3-6H,7H2,1-2H3. The Morgan fingerprint density at radius 1 is 1.31 bits per heavy atom. The lowest BCUT2D eigenvalue weighted by Crippen LogP contribution is -2.23. The summed E-state index contributed by atoms with van der Waals surface area (Å²) in [6.45, 7) is 0. The molecule has 4 nitrogen and oxygen atoms in total. The Kier molecular flexibility index (Phi) is 3.00. The predicted octanol–water partition coefficient (Wildman–Crippen LogP) is 0.473. The van der Waals surface area contributed by atoms with Crippen molar-refractivity contribution in [3.63, 3.8) is 0 Å². The van der Waals surface area contributed by atoms with E-state index in [2.05, 4.69) is 4.98 Å². The van der Waals surface area contributed by atoms with Crippen molar-refractivity contribution in [2.75, 3.05) is 14.1 Å². The molecule has 13 heavy (non-hydrogen) atoms. The monoisotopic (exact) mass is 200 g/mol. The summed E-state index contributed by atoms with van der Waals surface area (Å²) in [6, 6.07) is 3.39. The van der Waals surface area contributed by atoms with Crippen molar-refractivity contribution in [2.24, 2.45) is 0 Å². The van der Waals surface area contributed by atoms with Crippen LogP contribution in [0.15, 0.2) is 24.5 Å². The smallest absolute Gasteiger partial charge is 0.217 e. The molecule has 0 aromatic carbocycles. The maximum atomic E-state index is 11.4. The zero-order valence-corrected chi connectivity index (χ0v) is 8.45. The van der Waals surface area contributed by atoms with E-state index >= 15 is 0 Å². The van der Waals surface area contributed by atoms with E-state index in [9.17, 15) is 8.42 Å². The summed E-state index contributed by atoms with van der Waals surface area (Å²) in [5, 5.41) is 0. The third-order valence-electron chi connectivity index (χ3n) is 1.65. The van der Waals surface area contributed by atoms with E-state index in [1.807, 2.05) is 0 Å². The van der Waals surface area contributed by atoms with E-state index in [-0.39, 0.29) is 5.75 Å². The molecule has 0 radical (unpaired) electrons. The summed E-state index contributed by atoms with van der Waals surface area (Å²) < 4.78 is 24.0. The van der Waals surface area contributed by atoms with Crippen LogP contribution >= 0.6 is 0 Å². The third-order valence-corrected chi connectivity index (χ3v) is 3.47. The topological polar surface area (TPSA) is 50.3 Å². The van der Waals surface area contributed by atoms with E-state index in [0.717, 1.165) is 5.56 Å². The van der Waals surface area contributed by atoms with E-state index in [1.54, 1.807) is 24.5 Å². The van der Waals surface area contributed by atoms with Crippen molar-refractivity contribution in [3.8, 4) is 0 Å². The van der Waals surface area contributed by atoms with Crippen LogP contribution in [0.3, 0.4) is 0 Å². The molecule has 0 atom stereocenters. The average Bonchev–Trinajstić information content (AvgIpc) is 2.05. The Labute approximate surface area is 78.3 Å². The van der Waals surface area contributed by atoms with E-state index in [1.165, 1.54) is 18.4 Å². The first-order valence-electron chi connectivity index (χ1n) is 3.81. The minimum Gasteiger partial charge on any atom is -0.265 e. The van der Waals surface area contributed by atoms with Gasteiger partial charge in [0.25, 0.3) is 0 Å². The minimum absolute atomic E-state index is 0.0303. The fraction of sp³-hybridized carbons (Fsp3) is 0.375. The van der Waals surface area contributed by atoms with Gasteiger partial charge in [-0.05, 0) is 17.7 Å². The molecule has 0 amide bonds. The number of sulfonamides is 1. The first kappa shape index (κ1) is 10.1. The number of hydrogen-bond donors (Lipinski definition) is 0. The van der Waals surface area contributed by atoms with Gasteiger partial charge in [0.15, 0.2) is 0 Å². The highest BCUT2D eigenvalue weighted by molar-refractivity contribution is 7.88. The fourth-order valence-corrected chi connectivity index (χ4v) is 1.69. The average molecular weight is 200 g/mol. The first-order valence-corrected chi connectivity index (χ1v) is 5.42. The fourth-order valence-electron chi connectivity index (χ4n) is 0.819. The number of pyridine rings is 1. The Morgan fingerprint density at radius 3 is 2.31 bits per heavy atom. The molecule has 0 saturated carbocycles. The SMILES string of the molecule is CN(C)S(=O)(=O)Cc1ccncc1. The molecule has 1 heterocycles. The van der Waals surface area contributed by atoms with Gasteiger partial charge in [0.1, 0.15) is 0 Å². The Bertz CT molecular complexity index is 359. The van der Waals surface area contributed by atoms with Gasteiger partial charge < -0.3 is 0 Å². The first-order chi connectivity index (χ1) is 6.02. The molecular formula is C8H12N2O2S. The van der Waals surface area contributed by atoms with Crippen molar-refractivity contribution in [2.45, 2.75) is 5.75 Å². The number of aromatic nitrogens is 1. The highest BCUT2D eigenvalue weighted by atomic mass is 32.2. The molecule has 1 aromatic heterocycles. The second kappa shape index (κ2) is 3.85. The molecular weight excluding hydrogens is 188 g/mol. The molecule has 0 aliphatic carbocycles. The highest BCUT2D eigenvalue weighted by Gasteiger charge is 2.13. The summed E-state index contributed by atoms with van der Waals surface area (Å²) >= 11 is 0. The molecule has 0 unspecified atom stereocenters. The zero-order valence-electron chi connectivity index (χ0n) is 7.64. The van der Waals surface area contributed by atoms with Crippen molar-refractivity contribution in [1.29, 1.82) is 0 Å².